The average Bonchev–Trinajstić information content (AvgIpc) is 3.13. The molecule has 19 heavy (non-hydrogen) atoms. The molecule has 100 valence electrons. The van der Waals surface area contributed by atoms with Crippen LogP contribution in [-0.2, 0) is 11.2 Å². The number of carbonyl (C=O) groups is 1. The van der Waals surface area contributed by atoms with E-state index in [2.05, 4.69) is 33.4 Å². The highest BCUT2D eigenvalue weighted by atomic mass is 79.9. The maximum absolute atomic E-state index is 11.6. The van der Waals surface area contributed by atoms with Crippen molar-refractivity contribution in [1.29, 1.82) is 5.26 Å². The van der Waals surface area contributed by atoms with E-state index in [0.717, 1.165) is 23.2 Å². The largest absolute Gasteiger partial charge is 0.352 e. The molecule has 1 fully saturated rings. The Labute approximate surface area is 122 Å². The van der Waals surface area contributed by atoms with Gasteiger partial charge < -0.3 is 5.32 Å². The maximum Gasteiger partial charge on any atom is 0.234 e. The van der Waals surface area contributed by atoms with E-state index < -0.39 is 0 Å². The summed E-state index contributed by atoms with van der Waals surface area (Å²) in [4.78, 5) is 11.6. The Morgan fingerprint density at radius 3 is 2.95 bits per heavy atom. The van der Waals surface area contributed by atoms with Crippen molar-refractivity contribution in [2.45, 2.75) is 38.1 Å². The van der Waals surface area contributed by atoms with Gasteiger partial charge in [-0.05, 0) is 36.5 Å². The molecule has 2 rings (SSSR count). The minimum atomic E-state index is -0.164. The third kappa shape index (κ3) is 5.04. The highest BCUT2D eigenvalue weighted by Gasteiger charge is 2.26. The lowest BCUT2D eigenvalue weighted by atomic mass is 10.0. The van der Waals surface area contributed by atoms with E-state index in [-0.39, 0.29) is 18.4 Å². The highest BCUT2D eigenvalue weighted by Crippen LogP contribution is 2.34. The molecular weight excluding hydrogens is 304 g/mol. The normalized spacial score (nSPS) is 15.6. The Kier molecular flexibility index (Phi) is 4.98. The highest BCUT2D eigenvalue weighted by molar-refractivity contribution is 9.10. The molecule has 1 unspecified atom stereocenters. The van der Waals surface area contributed by atoms with E-state index in [1.807, 2.05) is 18.2 Å². The van der Waals surface area contributed by atoms with Crippen molar-refractivity contribution in [2.24, 2.45) is 5.92 Å². The van der Waals surface area contributed by atoms with Gasteiger partial charge in [-0.2, -0.15) is 5.26 Å². The lowest BCUT2D eigenvalue weighted by Crippen LogP contribution is -2.36. The molecule has 3 nitrogen and oxygen atoms in total. The molecular formula is C15H17BrN2O. The first kappa shape index (κ1) is 14.1. The zero-order valence-electron chi connectivity index (χ0n) is 10.7. The number of nitrogens with zero attached hydrogens (tertiary/aromatic N) is 1. The second-order valence-electron chi connectivity index (χ2n) is 5.11. The predicted octanol–water partition coefficient (Wildman–Crippen LogP) is 3.19. The van der Waals surface area contributed by atoms with Crippen LogP contribution in [-0.4, -0.2) is 11.9 Å². The molecule has 1 aliphatic rings. The molecule has 0 saturated heterocycles. The SMILES string of the molecule is N#CCC(=O)NC(Cc1cccc(Br)c1)CC1CC1. The van der Waals surface area contributed by atoms with Crippen molar-refractivity contribution in [2.75, 3.05) is 0 Å². The zero-order chi connectivity index (χ0) is 13.7. The summed E-state index contributed by atoms with van der Waals surface area (Å²) < 4.78 is 1.05. The van der Waals surface area contributed by atoms with Crippen molar-refractivity contribution in [1.82, 2.24) is 5.32 Å². The summed E-state index contributed by atoms with van der Waals surface area (Å²) in [5.41, 5.74) is 1.21. The number of rotatable bonds is 6. The summed E-state index contributed by atoms with van der Waals surface area (Å²) in [6.07, 6.45) is 4.32. The van der Waals surface area contributed by atoms with Gasteiger partial charge in [-0.25, -0.2) is 0 Å². The van der Waals surface area contributed by atoms with Gasteiger partial charge in [0.1, 0.15) is 6.42 Å². The first-order valence-electron chi connectivity index (χ1n) is 6.58. The van der Waals surface area contributed by atoms with Crippen LogP contribution in [0.4, 0.5) is 0 Å². The summed E-state index contributed by atoms with van der Waals surface area (Å²) in [5.74, 6) is 0.586. The van der Waals surface area contributed by atoms with E-state index >= 15 is 0 Å². The van der Waals surface area contributed by atoms with Gasteiger partial charge >= 0.3 is 0 Å². The van der Waals surface area contributed by atoms with Crippen LogP contribution in [0, 0.1) is 17.2 Å². The Hall–Kier alpha value is -1.34. The van der Waals surface area contributed by atoms with Crippen LogP contribution in [0.2, 0.25) is 0 Å². The summed E-state index contributed by atoms with van der Waals surface area (Å²) in [7, 11) is 0. The van der Waals surface area contributed by atoms with Gasteiger partial charge in [-0.1, -0.05) is 40.9 Å². The molecule has 1 saturated carbocycles. The topological polar surface area (TPSA) is 52.9 Å². The fraction of sp³-hybridized carbons (Fsp3) is 0.467. The van der Waals surface area contributed by atoms with Crippen LogP contribution in [0.1, 0.15) is 31.2 Å². The number of nitriles is 1. The quantitative estimate of drug-likeness (QED) is 0.875. The van der Waals surface area contributed by atoms with Gasteiger partial charge in [-0.15, -0.1) is 0 Å². The third-order valence-electron chi connectivity index (χ3n) is 3.29. The number of nitrogens with one attached hydrogen (secondary N) is 1. The molecule has 4 heteroatoms. The lowest BCUT2D eigenvalue weighted by molar-refractivity contribution is -0.120. The number of benzene rings is 1. The molecule has 1 N–H and O–H groups in total. The van der Waals surface area contributed by atoms with E-state index in [4.69, 9.17) is 5.26 Å². The lowest BCUT2D eigenvalue weighted by Gasteiger charge is -2.18. The zero-order valence-corrected chi connectivity index (χ0v) is 12.3. The van der Waals surface area contributed by atoms with Crippen molar-refractivity contribution < 1.29 is 4.79 Å². The summed E-state index contributed by atoms with van der Waals surface area (Å²) in [5, 5.41) is 11.5. The van der Waals surface area contributed by atoms with Crippen LogP contribution in [0.15, 0.2) is 28.7 Å². The Bertz CT molecular complexity index is 491. The predicted molar refractivity (Wildman–Crippen MR) is 77.3 cm³/mol. The molecule has 0 radical (unpaired) electrons. The Morgan fingerprint density at radius 2 is 2.32 bits per heavy atom. The van der Waals surface area contributed by atoms with Crippen LogP contribution in [0.5, 0.6) is 0 Å². The van der Waals surface area contributed by atoms with Crippen molar-refractivity contribution >= 4 is 21.8 Å². The van der Waals surface area contributed by atoms with Crippen molar-refractivity contribution in [3.8, 4) is 6.07 Å². The van der Waals surface area contributed by atoms with Crippen molar-refractivity contribution in [3.63, 3.8) is 0 Å². The summed E-state index contributed by atoms with van der Waals surface area (Å²) >= 11 is 3.46. The molecule has 1 atom stereocenters. The molecule has 1 aromatic rings. The Balaban J connectivity index is 1.96. The number of halogens is 1. The molecule has 1 aromatic carbocycles. The van der Waals surface area contributed by atoms with Gasteiger partial charge in [0.05, 0.1) is 6.07 Å². The number of hydrogen-bond acceptors (Lipinski definition) is 2. The Morgan fingerprint density at radius 1 is 1.53 bits per heavy atom. The van der Waals surface area contributed by atoms with Crippen molar-refractivity contribution in [3.05, 3.63) is 34.3 Å². The molecule has 1 aliphatic carbocycles. The first-order chi connectivity index (χ1) is 9.17. The van der Waals surface area contributed by atoms with Gasteiger partial charge in [0.2, 0.25) is 5.91 Å². The second-order valence-corrected chi connectivity index (χ2v) is 6.03. The summed E-state index contributed by atoms with van der Waals surface area (Å²) in [6.45, 7) is 0. The monoisotopic (exact) mass is 320 g/mol. The van der Waals surface area contributed by atoms with E-state index in [1.165, 1.54) is 18.4 Å². The van der Waals surface area contributed by atoms with Gasteiger partial charge in [-0.3, -0.25) is 4.79 Å². The van der Waals surface area contributed by atoms with Crippen LogP contribution < -0.4 is 5.32 Å². The minimum Gasteiger partial charge on any atom is -0.352 e. The van der Waals surface area contributed by atoms with E-state index in [9.17, 15) is 4.79 Å². The number of amides is 1. The average molecular weight is 321 g/mol. The minimum absolute atomic E-state index is 0.0559. The fourth-order valence-electron chi connectivity index (χ4n) is 2.25. The first-order valence-corrected chi connectivity index (χ1v) is 7.37. The molecule has 0 aromatic heterocycles. The van der Waals surface area contributed by atoms with Gasteiger partial charge in [0.15, 0.2) is 0 Å². The van der Waals surface area contributed by atoms with Crippen LogP contribution in [0.25, 0.3) is 0 Å². The fourth-order valence-corrected chi connectivity index (χ4v) is 2.69. The standard InChI is InChI=1S/C15H17BrN2O/c16-13-3-1-2-12(8-13)10-14(9-11-4-5-11)18-15(19)6-7-17/h1-3,8,11,14H,4-6,9-10H2,(H,18,19). The second kappa shape index (κ2) is 6.72. The molecule has 0 spiro atoms. The third-order valence-corrected chi connectivity index (χ3v) is 3.78. The van der Waals surface area contributed by atoms with Gasteiger partial charge in [0.25, 0.3) is 0 Å². The number of hydrogen-bond donors (Lipinski definition) is 1. The van der Waals surface area contributed by atoms with E-state index in [1.54, 1.807) is 0 Å². The summed E-state index contributed by atoms with van der Waals surface area (Å²) in [6, 6.07) is 10.2. The smallest absolute Gasteiger partial charge is 0.234 e. The molecule has 1 amide bonds. The molecule has 0 bridgehead atoms. The van der Waals surface area contributed by atoms with Crippen LogP contribution >= 0.6 is 15.9 Å². The maximum atomic E-state index is 11.6. The van der Waals surface area contributed by atoms with Gasteiger partial charge in [0, 0.05) is 10.5 Å². The molecule has 0 aliphatic heterocycles. The molecule has 0 heterocycles. The van der Waals surface area contributed by atoms with E-state index in [0.29, 0.717) is 0 Å². The van der Waals surface area contributed by atoms with Crippen LogP contribution in [0.3, 0.4) is 0 Å². The number of carbonyl (C=O) groups excluding carboxylic acids is 1.